The maximum atomic E-state index is 13.9. The molecule has 10 nitrogen and oxygen atoms in total. The highest BCUT2D eigenvalue weighted by Gasteiger charge is 2.30. The fourth-order valence-corrected chi connectivity index (χ4v) is 5.56. The molecule has 268 valence electrons. The summed E-state index contributed by atoms with van der Waals surface area (Å²) in [6, 6.07) is 30.4. The van der Waals surface area contributed by atoms with Gasteiger partial charge in [0.15, 0.2) is 0 Å². The van der Waals surface area contributed by atoms with Crippen molar-refractivity contribution in [2.45, 2.75) is 24.9 Å². The van der Waals surface area contributed by atoms with Gasteiger partial charge >= 0.3 is 0 Å². The van der Waals surface area contributed by atoms with Crippen LogP contribution in [-0.4, -0.2) is 64.0 Å². The minimum absolute atomic E-state index is 0.111. The number of nitrogens with one attached hydrogen (secondary N) is 2. The van der Waals surface area contributed by atoms with Gasteiger partial charge in [0, 0.05) is 38.3 Å². The normalized spacial score (nSPS) is 12.2. The molecule has 0 aromatic heterocycles. The second-order valence-electron chi connectivity index (χ2n) is 11.9. The molecular weight excluding hydrogens is 656 g/mol. The number of nitrogens with zero attached hydrogens (tertiary/aromatic N) is 2. The van der Waals surface area contributed by atoms with Crippen molar-refractivity contribution in [2.75, 3.05) is 38.1 Å². The third kappa shape index (κ3) is 9.85. The molecular formula is C42H44N4O6. The second kappa shape index (κ2) is 18.5. The first-order valence-electron chi connectivity index (χ1n) is 16.6. The molecule has 2 N–H and O–H groups in total. The van der Waals surface area contributed by atoms with Crippen LogP contribution in [0.5, 0.6) is 11.5 Å². The lowest BCUT2D eigenvalue weighted by Crippen LogP contribution is -2.50. The number of hydrogen-bond donors (Lipinski definition) is 2. The SMILES string of the molecule is C=C/C(C(=O)NC(Cc1ccccc1)C(=O)N(C)c1ccc(OC)cc1)=C(\C=C)C(=O)N[C@@H](Cc1ccccc1)C(=O)N(C)c1ccc(OC)cc1. The average molecular weight is 701 g/mol. The van der Waals surface area contributed by atoms with Crippen LogP contribution in [-0.2, 0) is 32.0 Å². The maximum Gasteiger partial charge on any atom is 0.252 e. The zero-order chi connectivity index (χ0) is 37.6. The third-order valence-electron chi connectivity index (χ3n) is 8.54. The number of carbonyl (C=O) groups is 4. The Labute approximate surface area is 305 Å². The molecule has 0 heterocycles. The Morgan fingerprint density at radius 2 is 0.904 bits per heavy atom. The molecule has 4 rings (SSSR count). The molecule has 1 unspecified atom stereocenters. The zero-order valence-electron chi connectivity index (χ0n) is 29.9. The molecule has 2 atom stereocenters. The van der Waals surface area contributed by atoms with E-state index in [-0.39, 0.29) is 35.8 Å². The number of carbonyl (C=O) groups excluding carboxylic acids is 4. The molecule has 4 aromatic carbocycles. The van der Waals surface area contributed by atoms with Crippen molar-refractivity contribution in [3.05, 3.63) is 157 Å². The summed E-state index contributed by atoms with van der Waals surface area (Å²) in [5, 5.41) is 5.65. The van der Waals surface area contributed by atoms with Gasteiger partial charge < -0.3 is 29.9 Å². The number of likely N-dealkylation sites (N-methyl/N-ethyl adjacent to an activating group) is 2. The van der Waals surface area contributed by atoms with Crippen molar-refractivity contribution in [1.29, 1.82) is 0 Å². The van der Waals surface area contributed by atoms with Crippen molar-refractivity contribution in [1.82, 2.24) is 10.6 Å². The number of rotatable bonds is 16. The Bertz CT molecular complexity index is 1750. The van der Waals surface area contributed by atoms with Crippen LogP contribution in [0.1, 0.15) is 11.1 Å². The van der Waals surface area contributed by atoms with E-state index < -0.39 is 23.9 Å². The predicted octanol–water partition coefficient (Wildman–Crippen LogP) is 5.45. The molecule has 0 radical (unpaired) electrons. The monoisotopic (exact) mass is 700 g/mol. The van der Waals surface area contributed by atoms with Gasteiger partial charge in [-0.3, -0.25) is 19.2 Å². The maximum absolute atomic E-state index is 13.9. The van der Waals surface area contributed by atoms with E-state index in [1.54, 1.807) is 76.8 Å². The quantitative estimate of drug-likeness (QED) is 0.119. The lowest BCUT2D eigenvalue weighted by molar-refractivity contribution is -0.126. The second-order valence-corrected chi connectivity index (χ2v) is 11.9. The van der Waals surface area contributed by atoms with Crippen LogP contribution >= 0.6 is 0 Å². The summed E-state index contributed by atoms with van der Waals surface area (Å²) in [7, 11) is 6.35. The highest BCUT2D eigenvalue weighted by molar-refractivity contribution is 6.11. The first-order chi connectivity index (χ1) is 25.1. The fourth-order valence-electron chi connectivity index (χ4n) is 5.56. The summed E-state index contributed by atoms with van der Waals surface area (Å²) in [5.41, 5.74) is 2.60. The number of amides is 4. The zero-order valence-corrected chi connectivity index (χ0v) is 29.9. The minimum Gasteiger partial charge on any atom is -0.497 e. The Balaban J connectivity index is 1.62. The van der Waals surface area contributed by atoms with E-state index in [0.717, 1.165) is 11.1 Å². The highest BCUT2D eigenvalue weighted by Crippen LogP contribution is 2.22. The predicted molar refractivity (Wildman–Crippen MR) is 204 cm³/mol. The third-order valence-corrected chi connectivity index (χ3v) is 8.54. The van der Waals surface area contributed by atoms with Crippen LogP contribution < -0.4 is 29.9 Å². The summed E-state index contributed by atoms with van der Waals surface area (Å²) >= 11 is 0. The molecule has 0 saturated heterocycles. The lowest BCUT2D eigenvalue weighted by Gasteiger charge is -2.26. The van der Waals surface area contributed by atoms with Gasteiger partial charge in [-0.25, -0.2) is 0 Å². The van der Waals surface area contributed by atoms with E-state index in [1.807, 2.05) is 60.7 Å². The molecule has 52 heavy (non-hydrogen) atoms. The standard InChI is InChI=1S/C42H44N4O6/c1-7-35(39(47)43-37(27-29-15-11-9-12-16-29)41(49)45(3)31-19-23-33(51-5)24-20-31)36(8-2)40(48)44-38(28-30-17-13-10-14-18-30)42(50)46(4)32-21-25-34(52-6)26-22-32/h7-26,37-38H,1-2,27-28H2,3-6H3,(H,43,47)(H,44,48)/b36-35-/t37-,38?/m0/s1. The van der Waals surface area contributed by atoms with E-state index in [2.05, 4.69) is 23.8 Å². The van der Waals surface area contributed by atoms with Gasteiger partial charge in [-0.05, 0) is 59.7 Å². The van der Waals surface area contributed by atoms with Gasteiger partial charge in [0.2, 0.25) is 11.8 Å². The molecule has 4 amide bonds. The van der Waals surface area contributed by atoms with Crippen LogP contribution in [0, 0.1) is 0 Å². The van der Waals surface area contributed by atoms with Crippen molar-refractivity contribution < 1.29 is 28.7 Å². The van der Waals surface area contributed by atoms with Crippen LogP contribution in [0.15, 0.2) is 146 Å². The van der Waals surface area contributed by atoms with Gasteiger partial charge in [0.25, 0.3) is 11.8 Å². The Hall–Kier alpha value is -6.42. The molecule has 0 aliphatic rings. The van der Waals surface area contributed by atoms with Gasteiger partial charge in [-0.2, -0.15) is 0 Å². The van der Waals surface area contributed by atoms with Crippen LogP contribution in [0.25, 0.3) is 0 Å². The highest BCUT2D eigenvalue weighted by atomic mass is 16.5. The number of benzene rings is 4. The van der Waals surface area contributed by atoms with Crippen LogP contribution in [0.4, 0.5) is 11.4 Å². The summed E-state index contributed by atoms with van der Waals surface area (Å²) in [5.74, 6) is -0.918. The van der Waals surface area contributed by atoms with Gasteiger partial charge in [0.1, 0.15) is 23.6 Å². The van der Waals surface area contributed by atoms with E-state index >= 15 is 0 Å². The topological polar surface area (TPSA) is 117 Å². The van der Waals surface area contributed by atoms with Crippen LogP contribution in [0.3, 0.4) is 0 Å². The Morgan fingerprint density at radius 3 is 1.19 bits per heavy atom. The molecule has 0 aliphatic heterocycles. The lowest BCUT2D eigenvalue weighted by atomic mass is 10.0. The summed E-state index contributed by atoms with van der Waals surface area (Å²) in [6.07, 6.45) is 2.83. The average Bonchev–Trinajstić information content (AvgIpc) is 3.18. The molecule has 0 saturated carbocycles. The smallest absolute Gasteiger partial charge is 0.252 e. The number of ether oxygens (including phenoxy) is 2. The number of methoxy groups -OCH3 is 2. The Morgan fingerprint density at radius 1 is 0.577 bits per heavy atom. The summed E-state index contributed by atoms with van der Waals surface area (Å²) in [6.45, 7) is 7.59. The molecule has 0 fully saturated rings. The van der Waals surface area contributed by atoms with Crippen molar-refractivity contribution >= 4 is 35.0 Å². The first kappa shape index (κ1) is 38.4. The first-order valence-corrected chi connectivity index (χ1v) is 16.6. The molecule has 4 aromatic rings. The Kier molecular flexibility index (Phi) is 13.7. The van der Waals surface area contributed by atoms with Gasteiger partial charge in [0.05, 0.1) is 25.4 Å². The van der Waals surface area contributed by atoms with Gasteiger partial charge in [-0.1, -0.05) is 86.0 Å². The van der Waals surface area contributed by atoms with Crippen molar-refractivity contribution in [3.63, 3.8) is 0 Å². The summed E-state index contributed by atoms with van der Waals surface area (Å²) < 4.78 is 10.5. The minimum atomic E-state index is -1.02. The van der Waals surface area contributed by atoms with E-state index in [0.29, 0.717) is 22.9 Å². The van der Waals surface area contributed by atoms with E-state index in [9.17, 15) is 19.2 Å². The number of anilines is 2. The van der Waals surface area contributed by atoms with E-state index in [1.165, 1.54) is 22.0 Å². The van der Waals surface area contributed by atoms with E-state index in [4.69, 9.17) is 9.47 Å². The van der Waals surface area contributed by atoms with Crippen molar-refractivity contribution in [2.24, 2.45) is 0 Å². The van der Waals surface area contributed by atoms with Crippen molar-refractivity contribution in [3.8, 4) is 11.5 Å². The molecule has 0 spiro atoms. The molecule has 0 bridgehead atoms. The largest absolute Gasteiger partial charge is 0.497 e. The number of hydrogen-bond acceptors (Lipinski definition) is 6. The van der Waals surface area contributed by atoms with Crippen LogP contribution in [0.2, 0.25) is 0 Å². The molecule has 10 heteroatoms. The summed E-state index contributed by atoms with van der Waals surface area (Å²) in [4.78, 5) is 58.6. The van der Waals surface area contributed by atoms with Gasteiger partial charge in [-0.15, -0.1) is 0 Å². The fraction of sp³-hybridized carbons (Fsp3) is 0.190. The molecule has 0 aliphatic carbocycles.